The van der Waals surface area contributed by atoms with Gasteiger partial charge in [0, 0.05) is 12.2 Å². The first-order chi connectivity index (χ1) is 8.18. The molecule has 2 amide bonds. The SMILES string of the molecule is CCNc1ccc(C23CC2C(=O)NC3=O)cc1. The van der Waals surface area contributed by atoms with E-state index in [-0.39, 0.29) is 17.7 Å². The van der Waals surface area contributed by atoms with Gasteiger partial charge in [-0.25, -0.2) is 0 Å². The van der Waals surface area contributed by atoms with Crippen LogP contribution < -0.4 is 10.6 Å². The average Bonchev–Trinajstić information content (AvgIpc) is 3.02. The summed E-state index contributed by atoms with van der Waals surface area (Å²) in [5, 5.41) is 5.61. The van der Waals surface area contributed by atoms with E-state index in [2.05, 4.69) is 10.6 Å². The Labute approximate surface area is 99.4 Å². The zero-order chi connectivity index (χ0) is 12.0. The second kappa shape index (κ2) is 3.32. The molecule has 4 nitrogen and oxygen atoms in total. The first kappa shape index (κ1) is 10.3. The summed E-state index contributed by atoms with van der Waals surface area (Å²) < 4.78 is 0. The van der Waals surface area contributed by atoms with E-state index in [4.69, 9.17) is 0 Å². The lowest BCUT2D eigenvalue weighted by atomic mass is 9.94. The lowest BCUT2D eigenvalue weighted by Crippen LogP contribution is -2.30. The molecule has 2 aliphatic rings. The Bertz CT molecular complexity index is 495. The van der Waals surface area contributed by atoms with E-state index in [0.29, 0.717) is 6.42 Å². The van der Waals surface area contributed by atoms with Crippen LogP contribution in [0.5, 0.6) is 0 Å². The van der Waals surface area contributed by atoms with Crippen molar-refractivity contribution in [2.75, 3.05) is 11.9 Å². The number of hydrogen-bond acceptors (Lipinski definition) is 3. The number of hydrogen-bond donors (Lipinski definition) is 2. The van der Waals surface area contributed by atoms with E-state index >= 15 is 0 Å². The number of fused-ring (bicyclic) bond motifs is 1. The highest BCUT2D eigenvalue weighted by Crippen LogP contribution is 2.57. The van der Waals surface area contributed by atoms with Crippen molar-refractivity contribution in [2.45, 2.75) is 18.8 Å². The van der Waals surface area contributed by atoms with Gasteiger partial charge in [-0.05, 0) is 31.0 Å². The Hall–Kier alpha value is -1.84. The molecule has 2 N–H and O–H groups in total. The number of imide groups is 1. The van der Waals surface area contributed by atoms with Gasteiger partial charge in [-0.15, -0.1) is 0 Å². The molecule has 1 aliphatic carbocycles. The fourth-order valence-corrected chi connectivity index (χ4v) is 2.68. The van der Waals surface area contributed by atoms with Crippen LogP contribution in [0.1, 0.15) is 18.9 Å². The smallest absolute Gasteiger partial charge is 0.238 e. The normalized spacial score (nSPS) is 29.8. The number of amides is 2. The van der Waals surface area contributed by atoms with E-state index < -0.39 is 5.41 Å². The van der Waals surface area contributed by atoms with E-state index in [1.165, 1.54) is 0 Å². The fraction of sp³-hybridized carbons (Fsp3) is 0.385. The van der Waals surface area contributed by atoms with Gasteiger partial charge >= 0.3 is 0 Å². The first-order valence-electron chi connectivity index (χ1n) is 5.88. The predicted octanol–water partition coefficient (Wildman–Crippen LogP) is 1.03. The van der Waals surface area contributed by atoms with Crippen LogP contribution in [0.25, 0.3) is 0 Å². The van der Waals surface area contributed by atoms with Gasteiger partial charge in [0.1, 0.15) is 0 Å². The monoisotopic (exact) mass is 230 g/mol. The minimum absolute atomic E-state index is 0.120. The van der Waals surface area contributed by atoms with E-state index in [9.17, 15) is 9.59 Å². The van der Waals surface area contributed by atoms with E-state index in [0.717, 1.165) is 17.8 Å². The second-order valence-electron chi connectivity index (χ2n) is 4.65. The van der Waals surface area contributed by atoms with Crippen LogP contribution in [0.2, 0.25) is 0 Å². The molecule has 17 heavy (non-hydrogen) atoms. The van der Waals surface area contributed by atoms with Crippen molar-refractivity contribution in [2.24, 2.45) is 5.92 Å². The fourth-order valence-electron chi connectivity index (χ4n) is 2.68. The third-order valence-electron chi connectivity index (χ3n) is 3.70. The van der Waals surface area contributed by atoms with Crippen molar-refractivity contribution in [3.63, 3.8) is 0 Å². The van der Waals surface area contributed by atoms with Crippen molar-refractivity contribution >= 4 is 17.5 Å². The molecule has 0 aromatic heterocycles. The highest BCUT2D eigenvalue weighted by molar-refractivity contribution is 6.15. The predicted molar refractivity (Wildman–Crippen MR) is 63.5 cm³/mol. The molecule has 1 aromatic carbocycles. The van der Waals surface area contributed by atoms with Crippen molar-refractivity contribution in [1.29, 1.82) is 0 Å². The van der Waals surface area contributed by atoms with Crippen LogP contribution >= 0.6 is 0 Å². The molecular weight excluding hydrogens is 216 g/mol. The highest BCUT2D eigenvalue weighted by atomic mass is 16.2. The maximum atomic E-state index is 11.8. The van der Waals surface area contributed by atoms with E-state index in [1.807, 2.05) is 31.2 Å². The van der Waals surface area contributed by atoms with Gasteiger partial charge in [-0.3, -0.25) is 14.9 Å². The topological polar surface area (TPSA) is 58.2 Å². The molecule has 3 rings (SSSR count). The van der Waals surface area contributed by atoms with Crippen molar-refractivity contribution in [3.05, 3.63) is 29.8 Å². The molecule has 88 valence electrons. The van der Waals surface area contributed by atoms with Gasteiger partial charge in [0.05, 0.1) is 11.3 Å². The Morgan fingerprint density at radius 3 is 2.53 bits per heavy atom. The van der Waals surface area contributed by atoms with Crippen LogP contribution in [0.3, 0.4) is 0 Å². The largest absolute Gasteiger partial charge is 0.385 e. The molecule has 4 heteroatoms. The molecule has 2 atom stereocenters. The number of carbonyl (C=O) groups is 2. The van der Waals surface area contributed by atoms with Crippen LogP contribution in [0.4, 0.5) is 5.69 Å². The molecule has 1 aromatic rings. The molecule has 2 fully saturated rings. The van der Waals surface area contributed by atoms with Gasteiger partial charge in [-0.2, -0.15) is 0 Å². The number of anilines is 1. The number of piperidine rings is 1. The summed E-state index contributed by atoms with van der Waals surface area (Å²) in [7, 11) is 0. The summed E-state index contributed by atoms with van der Waals surface area (Å²) in [4.78, 5) is 23.2. The average molecular weight is 230 g/mol. The van der Waals surface area contributed by atoms with Gasteiger partial charge in [0.2, 0.25) is 11.8 Å². The first-order valence-corrected chi connectivity index (χ1v) is 5.88. The summed E-state index contributed by atoms with van der Waals surface area (Å²) in [6, 6.07) is 7.80. The Kier molecular flexibility index (Phi) is 2.02. The number of carbonyl (C=O) groups excluding carboxylic acids is 2. The van der Waals surface area contributed by atoms with Crippen molar-refractivity contribution in [1.82, 2.24) is 5.32 Å². The van der Waals surface area contributed by atoms with Crippen LogP contribution in [-0.4, -0.2) is 18.4 Å². The standard InChI is InChI=1S/C13H14N2O2/c1-2-14-9-5-3-8(4-6-9)13-7-10(13)11(16)15-12(13)17/h3-6,10,14H,2,7H2,1H3,(H,15,16,17). The van der Waals surface area contributed by atoms with Crippen LogP contribution in [0.15, 0.2) is 24.3 Å². The third-order valence-corrected chi connectivity index (χ3v) is 3.70. The lowest BCUT2D eigenvalue weighted by molar-refractivity contribution is -0.127. The zero-order valence-corrected chi connectivity index (χ0v) is 9.62. The van der Waals surface area contributed by atoms with Gasteiger partial charge in [-0.1, -0.05) is 12.1 Å². The summed E-state index contributed by atoms with van der Waals surface area (Å²) in [6.45, 7) is 2.90. The Morgan fingerprint density at radius 1 is 1.35 bits per heavy atom. The minimum atomic E-state index is -0.554. The zero-order valence-electron chi connectivity index (χ0n) is 9.62. The minimum Gasteiger partial charge on any atom is -0.385 e. The molecule has 0 spiro atoms. The number of benzene rings is 1. The van der Waals surface area contributed by atoms with Gasteiger partial charge in [0.15, 0.2) is 0 Å². The van der Waals surface area contributed by atoms with Crippen molar-refractivity contribution in [3.8, 4) is 0 Å². The molecule has 1 saturated heterocycles. The summed E-state index contributed by atoms with van der Waals surface area (Å²) in [5.74, 6) is -0.394. The molecule has 1 aliphatic heterocycles. The summed E-state index contributed by atoms with van der Waals surface area (Å²) in [5.41, 5.74) is 1.43. The molecule has 0 radical (unpaired) electrons. The van der Waals surface area contributed by atoms with Gasteiger partial charge < -0.3 is 5.32 Å². The number of rotatable bonds is 3. The Morgan fingerprint density at radius 2 is 2.06 bits per heavy atom. The molecule has 1 saturated carbocycles. The Balaban J connectivity index is 1.91. The maximum absolute atomic E-state index is 11.8. The van der Waals surface area contributed by atoms with Crippen LogP contribution in [-0.2, 0) is 15.0 Å². The maximum Gasteiger partial charge on any atom is 0.238 e. The number of nitrogens with one attached hydrogen (secondary N) is 2. The van der Waals surface area contributed by atoms with Gasteiger partial charge in [0.25, 0.3) is 0 Å². The molecular formula is C13H14N2O2. The highest BCUT2D eigenvalue weighted by Gasteiger charge is 2.69. The third kappa shape index (κ3) is 1.30. The summed E-state index contributed by atoms with van der Waals surface area (Å²) in [6.07, 6.45) is 0.665. The molecule has 0 bridgehead atoms. The van der Waals surface area contributed by atoms with E-state index in [1.54, 1.807) is 0 Å². The lowest BCUT2D eigenvalue weighted by Gasteiger charge is -2.11. The van der Waals surface area contributed by atoms with Crippen LogP contribution in [0, 0.1) is 5.92 Å². The quantitative estimate of drug-likeness (QED) is 0.763. The molecule has 1 heterocycles. The summed E-state index contributed by atoms with van der Waals surface area (Å²) >= 11 is 0. The second-order valence-corrected chi connectivity index (χ2v) is 4.65. The molecule has 2 unspecified atom stereocenters. The van der Waals surface area contributed by atoms with Crippen molar-refractivity contribution < 1.29 is 9.59 Å².